The minimum Gasteiger partial charge on any atom is -0.441 e. The Balaban J connectivity index is 1.62. The van der Waals surface area contributed by atoms with Crippen LogP contribution in [0.1, 0.15) is 5.56 Å². The zero-order chi connectivity index (χ0) is 21.3. The summed E-state index contributed by atoms with van der Waals surface area (Å²) in [5.41, 5.74) is 1.32. The fourth-order valence-corrected chi connectivity index (χ4v) is 3.24. The Bertz CT molecular complexity index is 1140. The molecule has 0 spiro atoms. The summed E-state index contributed by atoms with van der Waals surface area (Å²) in [6.45, 7) is 0.0386. The van der Waals surface area contributed by atoms with Gasteiger partial charge in [0.05, 0.1) is 25.4 Å². The van der Waals surface area contributed by atoms with Crippen molar-refractivity contribution in [1.29, 1.82) is 0 Å². The Kier molecular flexibility index (Phi) is 5.28. The molecule has 2 heterocycles. The van der Waals surface area contributed by atoms with E-state index in [9.17, 15) is 23.5 Å². The molecule has 1 aliphatic rings. The number of hydrogen-bond acceptors (Lipinski definition) is 5. The van der Waals surface area contributed by atoms with Crippen molar-refractivity contribution in [2.45, 2.75) is 12.6 Å². The number of nitrogens with zero attached hydrogens (tertiary/aromatic N) is 3. The van der Waals surface area contributed by atoms with E-state index < -0.39 is 23.8 Å². The van der Waals surface area contributed by atoms with Crippen LogP contribution in [0.5, 0.6) is 0 Å². The monoisotopic (exact) mass is 413 g/mol. The summed E-state index contributed by atoms with van der Waals surface area (Å²) in [4.78, 5) is 25.6. The van der Waals surface area contributed by atoms with Crippen LogP contribution in [0.2, 0.25) is 0 Å². The van der Waals surface area contributed by atoms with Crippen LogP contribution in [-0.2, 0) is 11.3 Å². The number of amides is 1. The van der Waals surface area contributed by atoms with E-state index in [1.165, 1.54) is 21.7 Å². The highest BCUT2D eigenvalue weighted by atomic mass is 19.1. The molecule has 9 heteroatoms. The number of carbonyl (C=O) groups is 1. The Morgan fingerprint density at radius 2 is 1.83 bits per heavy atom. The average molecular weight is 413 g/mol. The molecule has 1 aliphatic heterocycles. The van der Waals surface area contributed by atoms with Gasteiger partial charge in [0.2, 0.25) is 0 Å². The summed E-state index contributed by atoms with van der Waals surface area (Å²) in [6, 6.07) is 12.6. The maximum absolute atomic E-state index is 13.5. The molecule has 0 aliphatic carbocycles. The molecule has 30 heavy (non-hydrogen) atoms. The van der Waals surface area contributed by atoms with Gasteiger partial charge in [0.25, 0.3) is 5.56 Å². The minimum atomic E-state index is -0.740. The van der Waals surface area contributed by atoms with Gasteiger partial charge in [-0.15, -0.1) is 0 Å². The number of hydrogen-bond donors (Lipinski definition) is 1. The lowest BCUT2D eigenvalue weighted by molar-refractivity contribution is 0.0963. The zero-order valence-corrected chi connectivity index (χ0v) is 15.7. The van der Waals surface area contributed by atoms with Crippen molar-refractivity contribution in [2.24, 2.45) is 0 Å². The van der Waals surface area contributed by atoms with Crippen molar-refractivity contribution in [3.8, 4) is 11.3 Å². The lowest BCUT2D eigenvalue weighted by Gasteiger charge is -2.14. The van der Waals surface area contributed by atoms with Crippen LogP contribution < -0.4 is 10.5 Å². The number of aliphatic hydroxyl groups excluding tert-OH is 1. The highest BCUT2D eigenvalue weighted by Gasteiger charge is 2.31. The minimum absolute atomic E-state index is 0.0879. The number of aromatic nitrogens is 2. The second kappa shape index (κ2) is 8.03. The predicted octanol–water partition coefficient (Wildman–Crippen LogP) is 2.55. The first-order chi connectivity index (χ1) is 14.4. The molecule has 3 aromatic rings. The van der Waals surface area contributed by atoms with Crippen molar-refractivity contribution in [2.75, 3.05) is 18.1 Å². The Morgan fingerprint density at radius 1 is 1.07 bits per heavy atom. The highest BCUT2D eigenvalue weighted by Crippen LogP contribution is 2.23. The maximum Gasteiger partial charge on any atom is 0.414 e. The number of anilines is 1. The molecule has 1 saturated heterocycles. The third-order valence-electron chi connectivity index (χ3n) is 4.66. The van der Waals surface area contributed by atoms with Crippen LogP contribution >= 0.6 is 0 Å². The smallest absolute Gasteiger partial charge is 0.414 e. The summed E-state index contributed by atoms with van der Waals surface area (Å²) < 4.78 is 33.3. The van der Waals surface area contributed by atoms with Crippen LogP contribution in [0.15, 0.2) is 59.4 Å². The van der Waals surface area contributed by atoms with Gasteiger partial charge in [-0.05, 0) is 35.9 Å². The van der Waals surface area contributed by atoms with Gasteiger partial charge in [-0.3, -0.25) is 9.69 Å². The Labute approximate surface area is 169 Å². The summed E-state index contributed by atoms with van der Waals surface area (Å²) in [5, 5.41) is 13.4. The SMILES string of the molecule is O=C1OC(CO)CN1c1cccc(Cn2nc(-c3cc(F)cc(F)c3)ccc2=O)c1. The number of halogens is 2. The van der Waals surface area contributed by atoms with Gasteiger partial charge in [-0.25, -0.2) is 18.3 Å². The van der Waals surface area contributed by atoms with E-state index in [4.69, 9.17) is 4.74 Å². The molecule has 4 rings (SSSR count). The molecule has 1 fully saturated rings. The molecule has 2 aromatic carbocycles. The summed E-state index contributed by atoms with van der Waals surface area (Å²) in [5.74, 6) is -1.48. The van der Waals surface area contributed by atoms with E-state index in [1.54, 1.807) is 24.3 Å². The first kappa shape index (κ1) is 19.7. The first-order valence-electron chi connectivity index (χ1n) is 9.15. The molecule has 154 valence electrons. The average Bonchev–Trinajstić information content (AvgIpc) is 3.10. The number of carbonyl (C=O) groups excluding carboxylic acids is 1. The van der Waals surface area contributed by atoms with Gasteiger partial charge in [0, 0.05) is 23.4 Å². The van der Waals surface area contributed by atoms with Crippen molar-refractivity contribution in [1.82, 2.24) is 9.78 Å². The van der Waals surface area contributed by atoms with Crippen LogP contribution in [-0.4, -0.2) is 40.2 Å². The predicted molar refractivity (Wildman–Crippen MR) is 104 cm³/mol. The Morgan fingerprint density at radius 3 is 2.53 bits per heavy atom. The molecule has 1 N–H and O–H groups in total. The van der Waals surface area contributed by atoms with E-state index in [-0.39, 0.29) is 36.5 Å². The quantitative estimate of drug-likeness (QED) is 0.695. The van der Waals surface area contributed by atoms with Crippen LogP contribution in [0.25, 0.3) is 11.3 Å². The molecule has 1 atom stereocenters. The summed E-state index contributed by atoms with van der Waals surface area (Å²) in [6.07, 6.45) is -1.15. The molecule has 1 aromatic heterocycles. The highest BCUT2D eigenvalue weighted by molar-refractivity contribution is 5.89. The molecule has 0 bridgehead atoms. The standard InChI is InChI=1S/C21H17F2N3O4/c22-15-7-14(8-16(23)9-15)19-4-5-20(28)26(24-19)10-13-2-1-3-17(6-13)25-11-18(12-27)30-21(25)29/h1-9,18,27H,10-12H2. The topological polar surface area (TPSA) is 84.7 Å². The molecule has 1 amide bonds. The van der Waals surface area contributed by atoms with Crippen LogP contribution in [0.3, 0.4) is 0 Å². The molecular weight excluding hydrogens is 396 g/mol. The number of cyclic esters (lactones) is 1. The van der Waals surface area contributed by atoms with E-state index in [2.05, 4.69) is 5.10 Å². The summed E-state index contributed by atoms with van der Waals surface area (Å²) in [7, 11) is 0. The van der Waals surface area contributed by atoms with Crippen molar-refractivity contribution in [3.63, 3.8) is 0 Å². The second-order valence-corrected chi connectivity index (χ2v) is 6.84. The van der Waals surface area contributed by atoms with E-state index >= 15 is 0 Å². The molecule has 0 radical (unpaired) electrons. The third-order valence-corrected chi connectivity index (χ3v) is 4.66. The van der Waals surface area contributed by atoms with Crippen LogP contribution in [0.4, 0.5) is 19.3 Å². The van der Waals surface area contributed by atoms with Crippen molar-refractivity contribution in [3.05, 3.63) is 82.1 Å². The zero-order valence-electron chi connectivity index (χ0n) is 15.7. The molecular formula is C21H17F2N3O4. The molecule has 0 saturated carbocycles. The second-order valence-electron chi connectivity index (χ2n) is 6.84. The normalized spacial score (nSPS) is 16.0. The largest absolute Gasteiger partial charge is 0.441 e. The van der Waals surface area contributed by atoms with Crippen LogP contribution in [0, 0.1) is 11.6 Å². The number of benzene rings is 2. The number of aliphatic hydroxyl groups is 1. The van der Waals surface area contributed by atoms with Gasteiger partial charge < -0.3 is 9.84 Å². The fraction of sp³-hybridized carbons (Fsp3) is 0.190. The maximum atomic E-state index is 13.5. The van der Waals surface area contributed by atoms with Gasteiger partial charge in [0.1, 0.15) is 17.7 Å². The van der Waals surface area contributed by atoms with Crippen molar-refractivity contribution >= 4 is 11.8 Å². The fourth-order valence-electron chi connectivity index (χ4n) is 3.24. The van der Waals surface area contributed by atoms with E-state index in [0.717, 1.165) is 18.2 Å². The lowest BCUT2D eigenvalue weighted by Crippen LogP contribution is -2.26. The molecule has 1 unspecified atom stereocenters. The number of ether oxygens (including phenoxy) is 1. The Hall–Kier alpha value is -3.59. The summed E-state index contributed by atoms with van der Waals surface area (Å²) >= 11 is 0. The molecule has 7 nitrogen and oxygen atoms in total. The van der Waals surface area contributed by atoms with E-state index in [1.807, 2.05) is 0 Å². The van der Waals surface area contributed by atoms with E-state index in [0.29, 0.717) is 11.3 Å². The third kappa shape index (κ3) is 4.06. The van der Waals surface area contributed by atoms with Crippen molar-refractivity contribution < 1.29 is 23.4 Å². The van der Waals surface area contributed by atoms with Gasteiger partial charge in [0.15, 0.2) is 0 Å². The lowest BCUT2D eigenvalue weighted by atomic mass is 10.1. The first-order valence-corrected chi connectivity index (χ1v) is 9.15. The van der Waals surface area contributed by atoms with Gasteiger partial charge in [-0.1, -0.05) is 12.1 Å². The van der Waals surface area contributed by atoms with Gasteiger partial charge >= 0.3 is 6.09 Å². The van der Waals surface area contributed by atoms with Gasteiger partial charge in [-0.2, -0.15) is 5.10 Å². The number of rotatable bonds is 5.